The van der Waals surface area contributed by atoms with E-state index in [0.717, 1.165) is 25.1 Å². The van der Waals surface area contributed by atoms with Gasteiger partial charge in [0.25, 0.3) is 5.01 Å². The van der Waals surface area contributed by atoms with Gasteiger partial charge in [-0.25, -0.2) is 0 Å². The van der Waals surface area contributed by atoms with Crippen molar-refractivity contribution in [1.82, 2.24) is 4.90 Å². The minimum absolute atomic E-state index is 0.0797. The Bertz CT molecular complexity index is 1420. The zero-order chi connectivity index (χ0) is 25.0. The number of nitriles is 2. The van der Waals surface area contributed by atoms with Gasteiger partial charge in [-0.05, 0) is 74.8 Å². The highest BCUT2D eigenvalue weighted by Gasteiger charge is 2.44. The average Bonchev–Trinajstić information content (AvgIpc) is 3.32. The average molecular weight is 498 g/mol. The number of aromatic nitrogens is 1. The van der Waals surface area contributed by atoms with E-state index in [1.165, 1.54) is 42.4 Å². The first-order chi connectivity index (χ1) is 16.9. The van der Waals surface area contributed by atoms with E-state index in [9.17, 15) is 0 Å². The van der Waals surface area contributed by atoms with Crippen LogP contribution in [0.2, 0.25) is 0 Å². The first kappa shape index (κ1) is 24.8. The number of hydrogen-bond donors (Lipinski definition) is 0. The summed E-state index contributed by atoms with van der Waals surface area (Å²) in [6.07, 6.45) is 16.7. The van der Waals surface area contributed by atoms with Crippen molar-refractivity contribution in [1.29, 1.82) is 10.5 Å². The van der Waals surface area contributed by atoms with Crippen molar-refractivity contribution in [3.63, 3.8) is 0 Å². The quantitative estimate of drug-likeness (QED) is 0.315. The number of thioether (sulfide) groups is 1. The molecule has 4 nitrogen and oxygen atoms in total. The number of hydrogen-bond acceptors (Lipinski definition) is 5. The summed E-state index contributed by atoms with van der Waals surface area (Å²) in [5, 5.41) is 20.3. The van der Waals surface area contributed by atoms with Crippen LogP contribution in [0.5, 0.6) is 0 Å². The van der Waals surface area contributed by atoms with E-state index >= 15 is 0 Å². The number of rotatable bonds is 6. The summed E-state index contributed by atoms with van der Waals surface area (Å²) in [6.45, 7) is 10.7. The largest absolute Gasteiger partial charge is 0.356 e. The van der Waals surface area contributed by atoms with Crippen LogP contribution in [0.3, 0.4) is 0 Å². The molecule has 2 aromatic rings. The van der Waals surface area contributed by atoms with Crippen LogP contribution < -0.4 is 4.57 Å². The molecule has 2 heterocycles. The van der Waals surface area contributed by atoms with Gasteiger partial charge in [-0.1, -0.05) is 35.2 Å². The Morgan fingerprint density at radius 1 is 1.17 bits per heavy atom. The molecule has 1 aromatic heterocycles. The minimum atomic E-state index is -0.0797. The fourth-order valence-electron chi connectivity index (χ4n) is 4.78. The van der Waals surface area contributed by atoms with Gasteiger partial charge in [0.1, 0.15) is 11.2 Å². The molecule has 0 radical (unpaired) electrons. The van der Waals surface area contributed by atoms with Gasteiger partial charge in [0.2, 0.25) is 5.52 Å². The van der Waals surface area contributed by atoms with Crippen LogP contribution in [-0.4, -0.2) is 17.0 Å². The second kappa shape index (κ2) is 10.5. The molecule has 1 atom stereocenters. The molecule has 0 bridgehead atoms. The predicted molar refractivity (Wildman–Crippen MR) is 148 cm³/mol. The summed E-state index contributed by atoms with van der Waals surface area (Å²) >= 11 is 3.65. The van der Waals surface area contributed by atoms with Crippen molar-refractivity contribution in [2.75, 3.05) is 6.54 Å². The highest BCUT2D eigenvalue weighted by Crippen LogP contribution is 2.53. The lowest BCUT2D eigenvalue weighted by Crippen LogP contribution is -2.42. The van der Waals surface area contributed by atoms with Crippen LogP contribution in [0.1, 0.15) is 44.7 Å². The molecule has 1 saturated heterocycles. The van der Waals surface area contributed by atoms with E-state index in [1.807, 2.05) is 23.9 Å². The molecule has 1 aliphatic carbocycles. The van der Waals surface area contributed by atoms with Crippen molar-refractivity contribution in [3.8, 4) is 12.1 Å². The monoisotopic (exact) mass is 497 g/mol. The number of thiazole rings is 1. The van der Waals surface area contributed by atoms with Crippen LogP contribution in [0, 0.1) is 22.7 Å². The van der Waals surface area contributed by atoms with E-state index < -0.39 is 0 Å². The molecule has 1 aliphatic heterocycles. The summed E-state index contributed by atoms with van der Waals surface area (Å²) in [5.74, 6) is 0. The topological polar surface area (TPSA) is 54.7 Å². The predicted octanol–water partition coefficient (Wildman–Crippen LogP) is 7.11. The standard InChI is InChI=1S/C29H29N4S2/c1-5-32-24-19-22(9-7-15-30)11-13-25(24)34-27(32)17-21(3)18-28-33(6-2)29(4)20-23(10-8-16-31)12-14-26(29)35-28/h7-14,17-19H,5-6,20H2,1-4H3/q+1/b9-7+,10-8+. The van der Waals surface area contributed by atoms with Crippen LogP contribution in [0.25, 0.3) is 22.4 Å². The highest BCUT2D eigenvalue weighted by atomic mass is 32.2. The number of benzene rings is 1. The van der Waals surface area contributed by atoms with Crippen LogP contribution >= 0.6 is 23.1 Å². The van der Waals surface area contributed by atoms with Gasteiger partial charge in [0.05, 0.1) is 22.7 Å². The Morgan fingerprint density at radius 3 is 2.66 bits per heavy atom. The third-order valence-corrected chi connectivity index (χ3v) is 8.87. The molecule has 2 aliphatic rings. The Morgan fingerprint density at radius 2 is 1.94 bits per heavy atom. The second-order valence-electron chi connectivity index (χ2n) is 8.78. The lowest BCUT2D eigenvalue weighted by atomic mass is 9.86. The number of allylic oxidation sites excluding steroid dienone is 7. The Kier molecular flexibility index (Phi) is 7.45. The van der Waals surface area contributed by atoms with E-state index in [4.69, 9.17) is 10.5 Å². The minimum Gasteiger partial charge on any atom is -0.356 e. The molecule has 0 saturated carbocycles. The van der Waals surface area contributed by atoms with Crippen molar-refractivity contribution in [3.05, 3.63) is 86.3 Å². The second-order valence-corrected chi connectivity index (χ2v) is 10.9. The highest BCUT2D eigenvalue weighted by molar-refractivity contribution is 8.07. The lowest BCUT2D eigenvalue weighted by Gasteiger charge is -2.38. The first-order valence-corrected chi connectivity index (χ1v) is 13.4. The Hall–Kier alpha value is -3.32. The van der Waals surface area contributed by atoms with Crippen molar-refractivity contribution >= 4 is 45.5 Å². The molecule has 35 heavy (non-hydrogen) atoms. The van der Waals surface area contributed by atoms with Gasteiger partial charge in [-0.2, -0.15) is 15.1 Å². The maximum Gasteiger partial charge on any atom is 0.262 e. The van der Waals surface area contributed by atoms with Gasteiger partial charge in [0.15, 0.2) is 0 Å². The van der Waals surface area contributed by atoms with E-state index in [-0.39, 0.29) is 5.54 Å². The van der Waals surface area contributed by atoms with E-state index in [1.54, 1.807) is 17.4 Å². The van der Waals surface area contributed by atoms with Crippen molar-refractivity contribution < 1.29 is 4.57 Å². The SMILES string of the molecule is CCN1/C(=C\C(C)=C/c2sc3ccc(/C=C/C#N)cc3[n+]2CC)SC2=CC=C(/C=C/C#N)CC21C. The third kappa shape index (κ3) is 4.91. The fourth-order valence-corrected chi connectivity index (χ4v) is 7.45. The Balaban J connectivity index is 1.66. The molecule has 1 aromatic carbocycles. The van der Waals surface area contributed by atoms with Crippen molar-refractivity contribution in [2.45, 2.75) is 46.2 Å². The van der Waals surface area contributed by atoms with Gasteiger partial charge in [0, 0.05) is 42.2 Å². The summed E-state index contributed by atoms with van der Waals surface area (Å²) < 4.78 is 3.58. The summed E-state index contributed by atoms with van der Waals surface area (Å²) in [4.78, 5) is 3.84. The number of nitrogens with zero attached hydrogens (tertiary/aromatic N) is 4. The molecule has 0 amide bonds. The lowest BCUT2D eigenvalue weighted by molar-refractivity contribution is -0.665. The molecule has 1 unspecified atom stereocenters. The fraction of sp³-hybridized carbons (Fsp3) is 0.276. The van der Waals surface area contributed by atoms with Crippen LogP contribution in [0.15, 0.2) is 75.7 Å². The summed E-state index contributed by atoms with van der Waals surface area (Å²) in [7, 11) is 0. The van der Waals surface area contributed by atoms with E-state index in [0.29, 0.717) is 0 Å². The Labute approximate surface area is 216 Å². The number of likely N-dealkylation sites (N-methyl/N-ethyl adjacent to an activating group) is 1. The molecular weight excluding hydrogens is 468 g/mol. The smallest absolute Gasteiger partial charge is 0.262 e. The number of fused-ring (bicyclic) bond motifs is 2. The van der Waals surface area contributed by atoms with Gasteiger partial charge < -0.3 is 4.90 Å². The third-order valence-electron chi connectivity index (χ3n) is 6.42. The molecule has 176 valence electrons. The van der Waals surface area contributed by atoms with Gasteiger partial charge in [-0.15, -0.1) is 0 Å². The van der Waals surface area contributed by atoms with Gasteiger partial charge in [-0.3, -0.25) is 0 Å². The van der Waals surface area contributed by atoms with E-state index in [2.05, 4.69) is 91.8 Å². The normalized spacial score (nSPS) is 21.5. The molecule has 4 rings (SSSR count). The zero-order valence-corrected chi connectivity index (χ0v) is 22.2. The first-order valence-electron chi connectivity index (χ1n) is 11.8. The van der Waals surface area contributed by atoms with Gasteiger partial charge >= 0.3 is 0 Å². The molecule has 6 heteroatoms. The van der Waals surface area contributed by atoms with Crippen molar-refractivity contribution in [2.24, 2.45) is 0 Å². The van der Waals surface area contributed by atoms with Crippen LogP contribution in [0.4, 0.5) is 0 Å². The maximum atomic E-state index is 8.92. The number of aryl methyl sites for hydroxylation is 1. The molecule has 0 N–H and O–H groups in total. The van der Waals surface area contributed by atoms with Crippen LogP contribution in [-0.2, 0) is 6.54 Å². The zero-order valence-electron chi connectivity index (χ0n) is 20.6. The molecule has 0 spiro atoms. The summed E-state index contributed by atoms with van der Waals surface area (Å²) in [6, 6.07) is 10.5. The molecular formula is C29H29N4S2+. The maximum absolute atomic E-state index is 8.92. The summed E-state index contributed by atoms with van der Waals surface area (Å²) in [5.41, 5.74) is 4.55. The molecule has 1 fully saturated rings.